The molecule has 0 bridgehead atoms. The Morgan fingerprint density at radius 3 is 2.40 bits per heavy atom. The second-order valence-electron chi connectivity index (χ2n) is 13.2. The van der Waals surface area contributed by atoms with Gasteiger partial charge in [0, 0.05) is 45.5 Å². The number of nitrogens with zero attached hydrogens (tertiary/aromatic N) is 2. The third-order valence-corrected chi connectivity index (χ3v) is 11.3. The summed E-state index contributed by atoms with van der Waals surface area (Å²) in [6.07, 6.45) is 20.1. The van der Waals surface area contributed by atoms with Gasteiger partial charge in [0.2, 0.25) is 0 Å². The van der Waals surface area contributed by atoms with Gasteiger partial charge in [0.15, 0.2) is 0 Å². The third-order valence-electron chi connectivity index (χ3n) is 10.2. The van der Waals surface area contributed by atoms with Crippen LogP contribution in [0.1, 0.15) is 52.9 Å². The minimum absolute atomic E-state index is 0.978. The molecule has 2 aromatic heterocycles. The normalized spacial score (nSPS) is 16.4. The fourth-order valence-corrected chi connectivity index (χ4v) is 8.93. The highest BCUT2D eigenvalue weighted by molar-refractivity contribution is 7.22. The summed E-state index contributed by atoms with van der Waals surface area (Å²) in [5, 5.41) is 4.53. The van der Waals surface area contributed by atoms with Crippen LogP contribution in [0.15, 0.2) is 116 Å². The lowest BCUT2D eigenvalue weighted by Crippen LogP contribution is -2.07. The van der Waals surface area contributed by atoms with Gasteiger partial charge in [-0.1, -0.05) is 91.0 Å². The number of fused-ring (bicyclic) bond motifs is 5. The molecule has 234 valence electrons. The Bertz CT molecular complexity index is 2320. The summed E-state index contributed by atoms with van der Waals surface area (Å²) < 4.78 is 3.75. The number of allylic oxidation sites excluding steroid dienone is 5. The van der Waals surface area contributed by atoms with Crippen LogP contribution in [0.25, 0.3) is 60.4 Å². The van der Waals surface area contributed by atoms with Gasteiger partial charge in [-0.15, -0.1) is 11.3 Å². The maximum absolute atomic E-state index is 5.40. The number of aromatic nitrogens is 2. The fourth-order valence-electron chi connectivity index (χ4n) is 7.78. The van der Waals surface area contributed by atoms with Gasteiger partial charge in [-0.25, -0.2) is 4.98 Å². The first-order valence-corrected chi connectivity index (χ1v) is 17.9. The highest BCUT2D eigenvalue weighted by atomic mass is 32.1. The molecule has 0 amide bonds. The van der Waals surface area contributed by atoms with Gasteiger partial charge in [-0.2, -0.15) is 0 Å². The molecule has 3 nitrogen and oxygen atoms in total. The van der Waals surface area contributed by atoms with Gasteiger partial charge in [0.1, 0.15) is 5.01 Å². The Kier molecular flexibility index (Phi) is 7.13. The molecule has 0 unspecified atom stereocenters. The number of benzene rings is 4. The smallest absolute Gasteiger partial charge is 0.126 e. The summed E-state index contributed by atoms with van der Waals surface area (Å²) in [6.45, 7) is 6.47. The van der Waals surface area contributed by atoms with E-state index in [1.807, 2.05) is 18.4 Å². The molecule has 0 spiro atoms. The van der Waals surface area contributed by atoms with E-state index in [1.54, 1.807) is 22.5 Å². The van der Waals surface area contributed by atoms with Gasteiger partial charge in [-0.05, 0) is 104 Å². The van der Waals surface area contributed by atoms with E-state index in [4.69, 9.17) is 4.98 Å². The Balaban J connectivity index is 1.19. The average Bonchev–Trinajstić information content (AvgIpc) is 3.71. The molecule has 0 radical (unpaired) electrons. The minimum atomic E-state index is 0.978. The van der Waals surface area contributed by atoms with Crippen LogP contribution in [0.2, 0.25) is 0 Å². The molecule has 0 saturated heterocycles. The molecule has 0 atom stereocenters. The number of anilines is 1. The number of aryl methyl sites for hydroxylation is 1. The van der Waals surface area contributed by atoms with Crippen molar-refractivity contribution in [1.29, 1.82) is 0 Å². The number of thiazole rings is 1. The SMILES string of the molecule is C=C1/C=C\C=C/Nc2c1cccc2-c1nc2c(-c3ccc(C)cc3)ccc(-c3ccc(-n4c5c(c6c4CCCC6)CCC=C5)cc3)c2s1. The van der Waals surface area contributed by atoms with Crippen LogP contribution in [-0.2, 0) is 19.3 Å². The lowest BCUT2D eigenvalue weighted by molar-refractivity contribution is 0.660. The van der Waals surface area contributed by atoms with Crippen LogP contribution in [0.4, 0.5) is 5.69 Å². The molecule has 48 heavy (non-hydrogen) atoms. The van der Waals surface area contributed by atoms with E-state index in [1.165, 1.54) is 76.1 Å². The summed E-state index contributed by atoms with van der Waals surface area (Å²) in [5.41, 5.74) is 18.6. The van der Waals surface area contributed by atoms with Crippen molar-refractivity contribution in [3.05, 3.63) is 150 Å². The number of nitrogens with one attached hydrogen (secondary N) is 1. The summed E-state index contributed by atoms with van der Waals surface area (Å²) in [6, 6.07) is 29.0. The molecular weight excluding hydrogens is 603 g/mol. The predicted octanol–water partition coefficient (Wildman–Crippen LogP) is 11.7. The maximum atomic E-state index is 5.40. The monoisotopic (exact) mass is 639 g/mol. The molecule has 3 aliphatic rings. The molecule has 4 aromatic carbocycles. The molecule has 3 heterocycles. The van der Waals surface area contributed by atoms with Crippen molar-refractivity contribution >= 4 is 38.9 Å². The number of hydrogen-bond acceptors (Lipinski definition) is 3. The molecule has 9 rings (SSSR count). The highest BCUT2D eigenvalue weighted by Crippen LogP contribution is 2.45. The predicted molar refractivity (Wildman–Crippen MR) is 205 cm³/mol. The molecule has 0 fully saturated rings. The summed E-state index contributed by atoms with van der Waals surface area (Å²) in [5.74, 6) is 0. The van der Waals surface area contributed by atoms with Gasteiger partial charge in [0.25, 0.3) is 0 Å². The van der Waals surface area contributed by atoms with Crippen molar-refractivity contribution in [3.8, 4) is 38.5 Å². The van der Waals surface area contributed by atoms with E-state index in [-0.39, 0.29) is 0 Å². The lowest BCUT2D eigenvalue weighted by Gasteiger charge is -2.17. The van der Waals surface area contributed by atoms with E-state index in [9.17, 15) is 0 Å². The van der Waals surface area contributed by atoms with Crippen molar-refractivity contribution in [2.75, 3.05) is 5.32 Å². The zero-order valence-corrected chi connectivity index (χ0v) is 28.0. The molecule has 4 heteroatoms. The molecule has 1 N–H and O–H groups in total. The Morgan fingerprint density at radius 2 is 1.52 bits per heavy atom. The van der Waals surface area contributed by atoms with E-state index in [2.05, 4.69) is 120 Å². The molecule has 2 aliphatic carbocycles. The van der Waals surface area contributed by atoms with Crippen LogP contribution in [-0.4, -0.2) is 9.55 Å². The summed E-state index contributed by atoms with van der Waals surface area (Å²) >= 11 is 1.77. The van der Waals surface area contributed by atoms with E-state index in [0.717, 1.165) is 44.9 Å². The first kappa shape index (κ1) is 29.0. The Labute approximate surface area is 286 Å². The first-order chi connectivity index (χ1) is 23.6. The van der Waals surface area contributed by atoms with E-state index < -0.39 is 0 Å². The summed E-state index contributed by atoms with van der Waals surface area (Å²) in [7, 11) is 0. The van der Waals surface area contributed by atoms with Gasteiger partial charge in [0.05, 0.1) is 15.9 Å². The minimum Gasteiger partial charge on any atom is -0.361 e. The topological polar surface area (TPSA) is 29.9 Å². The van der Waals surface area contributed by atoms with E-state index in [0.29, 0.717) is 0 Å². The van der Waals surface area contributed by atoms with Crippen molar-refractivity contribution in [3.63, 3.8) is 0 Å². The standard InChI is InChI=1S/C44H37N3S/c1-28-17-19-30(20-18-28)34-25-26-35(43-42(34)46-44(48-43)38-14-9-13-33-29(2)10-7-8-27-45-41(33)38)31-21-23-32(24-22-31)47-39-15-5-3-11-36(39)37-12-4-6-16-40(37)47/h5,7-10,13-15,17-27,45H,2-4,6,11-12,16H2,1H3/b10-7-,27-8-. The van der Waals surface area contributed by atoms with Crippen molar-refractivity contribution < 1.29 is 0 Å². The van der Waals surface area contributed by atoms with Gasteiger partial charge >= 0.3 is 0 Å². The second kappa shape index (κ2) is 11.8. The summed E-state index contributed by atoms with van der Waals surface area (Å²) in [4.78, 5) is 5.40. The third kappa shape index (κ3) is 4.82. The average molecular weight is 640 g/mol. The van der Waals surface area contributed by atoms with Crippen molar-refractivity contribution in [2.45, 2.75) is 45.4 Å². The van der Waals surface area contributed by atoms with Crippen LogP contribution < -0.4 is 5.32 Å². The number of rotatable bonds is 4. The van der Waals surface area contributed by atoms with Crippen LogP contribution in [0, 0.1) is 6.92 Å². The zero-order chi connectivity index (χ0) is 32.2. The molecule has 1 aliphatic heterocycles. The van der Waals surface area contributed by atoms with Gasteiger partial charge in [-0.3, -0.25) is 0 Å². The molecule has 6 aromatic rings. The van der Waals surface area contributed by atoms with E-state index >= 15 is 0 Å². The molecule has 0 saturated carbocycles. The first-order valence-electron chi connectivity index (χ1n) is 17.1. The fraction of sp³-hybridized carbons (Fsp3) is 0.159. The highest BCUT2D eigenvalue weighted by Gasteiger charge is 2.25. The largest absolute Gasteiger partial charge is 0.361 e. The number of para-hydroxylation sites is 1. The van der Waals surface area contributed by atoms with Crippen molar-refractivity contribution in [2.24, 2.45) is 0 Å². The molecular formula is C44H37N3S. The zero-order valence-electron chi connectivity index (χ0n) is 27.2. The van der Waals surface area contributed by atoms with Crippen LogP contribution >= 0.6 is 11.3 Å². The Hall–Kier alpha value is -5.19. The second-order valence-corrected chi connectivity index (χ2v) is 14.2. The van der Waals surface area contributed by atoms with Crippen LogP contribution in [0.3, 0.4) is 0 Å². The van der Waals surface area contributed by atoms with Crippen LogP contribution in [0.5, 0.6) is 0 Å². The van der Waals surface area contributed by atoms with Crippen molar-refractivity contribution in [1.82, 2.24) is 9.55 Å². The Morgan fingerprint density at radius 1 is 0.750 bits per heavy atom. The quantitative estimate of drug-likeness (QED) is 0.208. The maximum Gasteiger partial charge on any atom is 0.126 e. The lowest BCUT2D eigenvalue weighted by atomic mass is 9.91. The number of hydrogen-bond donors (Lipinski definition) is 1. The van der Waals surface area contributed by atoms with Gasteiger partial charge < -0.3 is 9.88 Å².